The summed E-state index contributed by atoms with van der Waals surface area (Å²) in [5.41, 5.74) is 8.02. The molecule has 4 rings (SSSR count). The first-order valence-corrected chi connectivity index (χ1v) is 11.7. The molecule has 0 aliphatic carbocycles. The number of rotatable bonds is 3. The monoisotopic (exact) mass is 497 g/mol. The van der Waals surface area contributed by atoms with E-state index < -0.39 is 0 Å². The van der Waals surface area contributed by atoms with Crippen molar-refractivity contribution in [2.45, 2.75) is 39.7 Å². The molecular weight excluding hydrogens is 473 g/mol. The SMILES string of the molecule is CC(C)(C)/C=C(\C#N)C(=O)N1CCC[C@@H](n2nc(-c3ccc(Cl)c(Cl)c3)c3c(N)ncnc32)C1. The number of allylic oxidation sites excluding steroid dienone is 1. The highest BCUT2D eigenvalue weighted by molar-refractivity contribution is 6.42. The molecule has 2 N–H and O–H groups in total. The van der Waals surface area contributed by atoms with Gasteiger partial charge in [0.25, 0.3) is 5.91 Å². The largest absolute Gasteiger partial charge is 0.383 e. The van der Waals surface area contributed by atoms with Gasteiger partial charge in [0.05, 0.1) is 21.5 Å². The fourth-order valence-corrected chi connectivity index (χ4v) is 4.48. The van der Waals surface area contributed by atoms with Crippen molar-refractivity contribution < 1.29 is 4.79 Å². The van der Waals surface area contributed by atoms with Crippen molar-refractivity contribution in [1.82, 2.24) is 24.6 Å². The smallest absolute Gasteiger partial charge is 0.264 e. The Morgan fingerprint density at radius 1 is 1.26 bits per heavy atom. The highest BCUT2D eigenvalue weighted by Gasteiger charge is 2.30. The molecule has 2 aromatic heterocycles. The van der Waals surface area contributed by atoms with Crippen molar-refractivity contribution in [2.24, 2.45) is 5.41 Å². The van der Waals surface area contributed by atoms with Crippen LogP contribution in [0.5, 0.6) is 0 Å². The number of amides is 1. The topological polar surface area (TPSA) is 114 Å². The zero-order valence-electron chi connectivity index (χ0n) is 19.2. The molecule has 1 aliphatic rings. The molecule has 0 bridgehead atoms. The van der Waals surface area contributed by atoms with E-state index in [4.69, 9.17) is 34.0 Å². The Labute approximate surface area is 208 Å². The van der Waals surface area contributed by atoms with Crippen LogP contribution in [0, 0.1) is 16.7 Å². The Morgan fingerprint density at radius 2 is 2.03 bits per heavy atom. The first kappa shape index (κ1) is 24.0. The molecular formula is C24H25Cl2N7O. The van der Waals surface area contributed by atoms with Gasteiger partial charge in [-0.25, -0.2) is 14.6 Å². The van der Waals surface area contributed by atoms with Crippen molar-refractivity contribution >= 4 is 46.0 Å². The Balaban J connectivity index is 1.74. The predicted octanol–water partition coefficient (Wildman–Crippen LogP) is 5.04. The first-order valence-electron chi connectivity index (χ1n) is 11.0. The summed E-state index contributed by atoms with van der Waals surface area (Å²) in [4.78, 5) is 23.5. The molecule has 3 aromatic rings. The summed E-state index contributed by atoms with van der Waals surface area (Å²) >= 11 is 12.3. The molecule has 0 unspecified atom stereocenters. The van der Waals surface area contributed by atoms with Crippen molar-refractivity contribution in [3.05, 3.63) is 46.2 Å². The van der Waals surface area contributed by atoms with Gasteiger partial charge in [-0.05, 0) is 30.4 Å². The maximum atomic E-state index is 13.1. The number of nitriles is 1. The molecule has 1 atom stereocenters. The van der Waals surface area contributed by atoms with Gasteiger partial charge < -0.3 is 10.6 Å². The second-order valence-electron chi connectivity index (χ2n) is 9.46. The lowest BCUT2D eigenvalue weighted by Gasteiger charge is -2.33. The number of piperidine rings is 1. The average molecular weight is 498 g/mol. The molecule has 8 nitrogen and oxygen atoms in total. The van der Waals surface area contributed by atoms with E-state index in [1.165, 1.54) is 6.33 Å². The van der Waals surface area contributed by atoms with E-state index in [2.05, 4.69) is 16.0 Å². The Kier molecular flexibility index (Phi) is 6.52. The first-order chi connectivity index (χ1) is 16.1. The normalized spacial score (nSPS) is 17.1. The fraction of sp³-hybridized carbons (Fsp3) is 0.375. The Morgan fingerprint density at radius 3 is 2.71 bits per heavy atom. The highest BCUT2D eigenvalue weighted by Crippen LogP contribution is 2.36. The average Bonchev–Trinajstić information content (AvgIpc) is 3.19. The number of nitrogens with two attached hydrogens (primary N) is 1. The minimum Gasteiger partial charge on any atom is -0.383 e. The van der Waals surface area contributed by atoms with Gasteiger partial charge in [-0.1, -0.05) is 56.1 Å². The number of carbonyl (C=O) groups excluding carboxylic acids is 1. The lowest BCUT2D eigenvalue weighted by atomic mass is 9.93. The van der Waals surface area contributed by atoms with Gasteiger partial charge in [0.2, 0.25) is 0 Å². The van der Waals surface area contributed by atoms with Crippen LogP contribution in [-0.4, -0.2) is 43.6 Å². The molecule has 176 valence electrons. The molecule has 1 fully saturated rings. The van der Waals surface area contributed by atoms with Gasteiger partial charge in [0, 0.05) is 18.7 Å². The summed E-state index contributed by atoms with van der Waals surface area (Å²) in [5.74, 6) is 0.0402. The van der Waals surface area contributed by atoms with E-state index in [1.54, 1.807) is 23.1 Å². The molecule has 0 radical (unpaired) electrons. The van der Waals surface area contributed by atoms with Crippen molar-refractivity contribution in [3.63, 3.8) is 0 Å². The molecule has 1 amide bonds. The Hall–Kier alpha value is -3.15. The summed E-state index contributed by atoms with van der Waals surface area (Å²) in [5, 5.41) is 15.9. The number of halogens is 2. The van der Waals surface area contributed by atoms with Crippen LogP contribution in [0.15, 0.2) is 36.2 Å². The summed E-state index contributed by atoms with van der Waals surface area (Å²) in [7, 11) is 0. The van der Waals surface area contributed by atoms with Gasteiger partial charge in [-0.15, -0.1) is 0 Å². The van der Waals surface area contributed by atoms with Gasteiger partial charge in [0.1, 0.15) is 29.5 Å². The number of fused-ring (bicyclic) bond motifs is 1. The van der Waals surface area contributed by atoms with Gasteiger partial charge in [-0.3, -0.25) is 4.79 Å². The predicted molar refractivity (Wildman–Crippen MR) is 133 cm³/mol. The number of hydrogen-bond donors (Lipinski definition) is 1. The van der Waals surface area contributed by atoms with E-state index in [0.717, 1.165) is 18.4 Å². The van der Waals surface area contributed by atoms with E-state index in [9.17, 15) is 10.1 Å². The van der Waals surface area contributed by atoms with Crippen molar-refractivity contribution in [3.8, 4) is 17.3 Å². The zero-order valence-corrected chi connectivity index (χ0v) is 20.7. The van der Waals surface area contributed by atoms with Gasteiger partial charge in [0.15, 0.2) is 5.65 Å². The van der Waals surface area contributed by atoms with Gasteiger partial charge in [-0.2, -0.15) is 10.4 Å². The van der Waals surface area contributed by atoms with E-state index in [0.29, 0.717) is 45.7 Å². The van der Waals surface area contributed by atoms with Crippen LogP contribution >= 0.6 is 23.2 Å². The number of nitrogen functional groups attached to an aromatic ring is 1. The number of hydrogen-bond acceptors (Lipinski definition) is 6. The van der Waals surface area contributed by atoms with E-state index in [1.807, 2.05) is 31.5 Å². The number of benzene rings is 1. The molecule has 1 saturated heterocycles. The summed E-state index contributed by atoms with van der Waals surface area (Å²) in [6.07, 6.45) is 4.70. The minimum atomic E-state index is -0.280. The summed E-state index contributed by atoms with van der Waals surface area (Å²) in [6, 6.07) is 7.19. The lowest BCUT2D eigenvalue weighted by molar-refractivity contribution is -0.128. The van der Waals surface area contributed by atoms with Crippen molar-refractivity contribution in [2.75, 3.05) is 18.8 Å². The molecule has 0 spiro atoms. The maximum Gasteiger partial charge on any atom is 0.264 e. The number of nitrogens with zero attached hydrogens (tertiary/aromatic N) is 6. The minimum absolute atomic E-state index is 0.138. The second-order valence-corrected chi connectivity index (χ2v) is 10.3. The Bertz CT molecular complexity index is 1330. The maximum absolute atomic E-state index is 13.1. The van der Waals surface area contributed by atoms with Crippen LogP contribution in [-0.2, 0) is 4.79 Å². The number of aromatic nitrogens is 4. The third-order valence-electron chi connectivity index (χ3n) is 5.67. The standard InChI is InChI=1S/C24H25Cl2N7O/c1-24(2,3)10-15(11-27)23(34)32-8-4-5-16(12-32)33-22-19(21(28)29-13-30-22)20(31-33)14-6-7-17(25)18(26)9-14/h6-7,9-10,13,16H,4-5,8,12H2,1-3H3,(H2,28,29,30)/b15-10+/t16-/m1/s1. The fourth-order valence-electron chi connectivity index (χ4n) is 4.18. The van der Waals surface area contributed by atoms with E-state index >= 15 is 0 Å². The van der Waals surface area contributed by atoms with E-state index in [-0.39, 0.29) is 22.9 Å². The molecule has 10 heteroatoms. The van der Waals surface area contributed by atoms with Crippen LogP contribution < -0.4 is 5.73 Å². The number of likely N-dealkylation sites (tertiary alicyclic amines) is 1. The third kappa shape index (κ3) is 4.72. The summed E-state index contributed by atoms with van der Waals surface area (Å²) < 4.78 is 1.81. The van der Waals surface area contributed by atoms with Crippen LogP contribution in [0.1, 0.15) is 39.7 Å². The second kappa shape index (κ2) is 9.24. The molecule has 1 aromatic carbocycles. The van der Waals surface area contributed by atoms with Crippen LogP contribution in [0.25, 0.3) is 22.3 Å². The lowest BCUT2D eigenvalue weighted by Crippen LogP contribution is -2.41. The van der Waals surface area contributed by atoms with Crippen molar-refractivity contribution in [1.29, 1.82) is 5.26 Å². The van der Waals surface area contributed by atoms with Crippen LogP contribution in [0.4, 0.5) is 5.82 Å². The van der Waals surface area contributed by atoms with Crippen LogP contribution in [0.2, 0.25) is 10.0 Å². The molecule has 1 aliphatic heterocycles. The quantitative estimate of drug-likeness (QED) is 0.400. The zero-order chi connectivity index (χ0) is 24.6. The molecule has 34 heavy (non-hydrogen) atoms. The molecule has 0 saturated carbocycles. The van der Waals surface area contributed by atoms with Gasteiger partial charge >= 0.3 is 0 Å². The number of carbonyl (C=O) groups is 1. The third-order valence-corrected chi connectivity index (χ3v) is 6.41. The summed E-state index contributed by atoms with van der Waals surface area (Å²) in [6.45, 7) is 6.86. The molecule has 3 heterocycles. The van der Waals surface area contributed by atoms with Crippen LogP contribution in [0.3, 0.4) is 0 Å². The number of anilines is 1. The highest BCUT2D eigenvalue weighted by atomic mass is 35.5.